The Balaban J connectivity index is 1.93. The summed E-state index contributed by atoms with van der Waals surface area (Å²) in [6.07, 6.45) is 9.04. The molecule has 0 aromatic heterocycles. The molecule has 0 unspecified atom stereocenters. The van der Waals surface area contributed by atoms with Gasteiger partial charge in [0.2, 0.25) is 0 Å². The lowest BCUT2D eigenvalue weighted by Gasteiger charge is -1.98. The van der Waals surface area contributed by atoms with Gasteiger partial charge < -0.3 is 4.74 Å². The van der Waals surface area contributed by atoms with Gasteiger partial charge in [-0.15, -0.1) is 12.3 Å². The third-order valence-corrected chi connectivity index (χ3v) is 1.78. The predicted molar refractivity (Wildman–Crippen MR) is 41.6 cm³/mol. The summed E-state index contributed by atoms with van der Waals surface area (Å²) in [6.45, 7) is 3.05. The van der Waals surface area contributed by atoms with Gasteiger partial charge in [-0.3, -0.25) is 0 Å². The van der Waals surface area contributed by atoms with E-state index >= 15 is 0 Å². The quantitative estimate of drug-likeness (QED) is 0.425. The van der Waals surface area contributed by atoms with Crippen molar-refractivity contribution in [2.24, 2.45) is 5.92 Å². The largest absolute Gasteiger partial charge is 0.377 e. The van der Waals surface area contributed by atoms with Gasteiger partial charge in [0.25, 0.3) is 0 Å². The molecule has 0 aromatic carbocycles. The molecule has 1 aliphatic rings. The summed E-state index contributed by atoms with van der Waals surface area (Å²) in [6, 6.07) is 0. The van der Waals surface area contributed by atoms with Crippen LogP contribution in [0.1, 0.15) is 26.2 Å². The fraction of sp³-hybridized carbons (Fsp3) is 0.778. The molecule has 0 aromatic rings. The molecule has 56 valence electrons. The maximum atomic E-state index is 5.45. The molecular formula is C9H14O. The molecule has 1 fully saturated rings. The first-order valence-electron chi connectivity index (χ1n) is 3.96. The van der Waals surface area contributed by atoms with E-state index in [1.807, 2.05) is 0 Å². The second-order valence-corrected chi connectivity index (χ2v) is 2.77. The number of rotatable bonds is 4. The van der Waals surface area contributed by atoms with Gasteiger partial charge in [0.15, 0.2) is 0 Å². The van der Waals surface area contributed by atoms with E-state index in [2.05, 4.69) is 12.8 Å². The first-order chi connectivity index (χ1) is 4.88. The number of hydrogen-bond donors (Lipinski definition) is 0. The molecule has 0 saturated heterocycles. The molecular weight excluding hydrogens is 124 g/mol. The minimum Gasteiger partial charge on any atom is -0.377 e. The Kier molecular flexibility index (Phi) is 2.77. The molecule has 2 atom stereocenters. The van der Waals surface area contributed by atoms with Crippen molar-refractivity contribution < 1.29 is 4.74 Å². The highest BCUT2D eigenvalue weighted by Crippen LogP contribution is 2.32. The highest BCUT2D eigenvalue weighted by atomic mass is 16.5. The molecule has 0 spiro atoms. The minimum atomic E-state index is 0.400. The molecule has 0 heterocycles. The van der Waals surface area contributed by atoms with Gasteiger partial charge in [0, 0.05) is 12.5 Å². The summed E-state index contributed by atoms with van der Waals surface area (Å²) < 4.78 is 5.45. The normalized spacial score (nSPS) is 29.6. The summed E-state index contributed by atoms with van der Waals surface area (Å²) in [5.41, 5.74) is 0. The van der Waals surface area contributed by atoms with Gasteiger partial charge in [-0.1, -0.05) is 13.3 Å². The van der Waals surface area contributed by atoms with Crippen LogP contribution < -0.4 is 0 Å². The van der Waals surface area contributed by atoms with E-state index in [4.69, 9.17) is 11.2 Å². The van der Waals surface area contributed by atoms with E-state index in [0.29, 0.717) is 12.0 Å². The summed E-state index contributed by atoms with van der Waals surface area (Å²) >= 11 is 0. The van der Waals surface area contributed by atoms with Crippen molar-refractivity contribution in [1.29, 1.82) is 0 Å². The molecule has 1 heteroatoms. The van der Waals surface area contributed by atoms with Crippen LogP contribution in [0.25, 0.3) is 0 Å². The fourth-order valence-electron chi connectivity index (χ4n) is 0.910. The average molecular weight is 138 g/mol. The molecule has 0 aliphatic heterocycles. The van der Waals surface area contributed by atoms with Crippen molar-refractivity contribution in [3.63, 3.8) is 0 Å². The van der Waals surface area contributed by atoms with Gasteiger partial charge in [-0.2, -0.15) is 0 Å². The summed E-state index contributed by atoms with van der Waals surface area (Å²) in [5.74, 6) is 3.12. The second-order valence-electron chi connectivity index (χ2n) is 2.77. The van der Waals surface area contributed by atoms with E-state index in [-0.39, 0.29) is 0 Å². The SMILES string of the molecule is C#C[C@@H]1C[C@H]1OCCCC. The van der Waals surface area contributed by atoms with Crippen molar-refractivity contribution in [2.45, 2.75) is 32.3 Å². The molecule has 1 saturated carbocycles. The Labute approximate surface area is 62.8 Å². The lowest BCUT2D eigenvalue weighted by molar-refractivity contribution is 0.111. The van der Waals surface area contributed by atoms with E-state index in [9.17, 15) is 0 Å². The van der Waals surface area contributed by atoms with E-state index < -0.39 is 0 Å². The first kappa shape index (κ1) is 7.63. The number of terminal acetylenes is 1. The lowest BCUT2D eigenvalue weighted by Crippen LogP contribution is -1.97. The van der Waals surface area contributed by atoms with Gasteiger partial charge in [-0.05, 0) is 12.8 Å². The number of ether oxygens (including phenoxy) is 1. The van der Waals surface area contributed by atoms with Crippen LogP contribution in [0, 0.1) is 18.3 Å². The van der Waals surface area contributed by atoms with Crippen LogP contribution in [-0.4, -0.2) is 12.7 Å². The first-order valence-corrected chi connectivity index (χ1v) is 3.96. The lowest BCUT2D eigenvalue weighted by atomic mass is 10.4. The van der Waals surface area contributed by atoms with Crippen LogP contribution in [0.15, 0.2) is 0 Å². The Bertz CT molecular complexity index is 134. The topological polar surface area (TPSA) is 9.23 Å². The van der Waals surface area contributed by atoms with E-state index in [0.717, 1.165) is 19.4 Å². The fourth-order valence-corrected chi connectivity index (χ4v) is 0.910. The Morgan fingerprint density at radius 1 is 1.70 bits per heavy atom. The molecule has 10 heavy (non-hydrogen) atoms. The van der Waals surface area contributed by atoms with Crippen LogP contribution >= 0.6 is 0 Å². The number of unbranched alkanes of at least 4 members (excludes halogenated alkanes) is 1. The minimum absolute atomic E-state index is 0.400. The molecule has 0 radical (unpaired) electrons. The Hall–Kier alpha value is -0.480. The highest BCUT2D eigenvalue weighted by molar-refractivity contribution is 5.08. The van der Waals surface area contributed by atoms with Gasteiger partial charge in [0.1, 0.15) is 0 Å². The van der Waals surface area contributed by atoms with Crippen LogP contribution in [0.3, 0.4) is 0 Å². The summed E-state index contributed by atoms with van der Waals surface area (Å²) in [7, 11) is 0. The van der Waals surface area contributed by atoms with Crippen molar-refractivity contribution in [3.8, 4) is 12.3 Å². The standard InChI is InChI=1S/C9H14O/c1-3-5-6-10-9-7-8(9)4-2/h2,8-9H,3,5-7H2,1H3/t8-,9-/m1/s1. The number of hydrogen-bond acceptors (Lipinski definition) is 1. The Morgan fingerprint density at radius 3 is 3.00 bits per heavy atom. The van der Waals surface area contributed by atoms with Crippen molar-refractivity contribution in [2.75, 3.05) is 6.61 Å². The van der Waals surface area contributed by atoms with Gasteiger partial charge in [0.05, 0.1) is 6.10 Å². The summed E-state index contributed by atoms with van der Waals surface area (Å²) in [5, 5.41) is 0. The van der Waals surface area contributed by atoms with Crippen LogP contribution in [0.2, 0.25) is 0 Å². The average Bonchev–Trinajstić information content (AvgIpc) is 2.68. The van der Waals surface area contributed by atoms with Crippen LogP contribution in [-0.2, 0) is 4.74 Å². The summed E-state index contributed by atoms with van der Waals surface area (Å²) in [4.78, 5) is 0. The zero-order valence-electron chi connectivity index (χ0n) is 6.47. The van der Waals surface area contributed by atoms with Gasteiger partial charge in [-0.25, -0.2) is 0 Å². The molecule has 1 rings (SSSR count). The van der Waals surface area contributed by atoms with Crippen molar-refractivity contribution in [3.05, 3.63) is 0 Å². The molecule has 1 aliphatic carbocycles. The zero-order valence-corrected chi connectivity index (χ0v) is 6.47. The Morgan fingerprint density at radius 2 is 2.50 bits per heavy atom. The molecule has 1 nitrogen and oxygen atoms in total. The van der Waals surface area contributed by atoms with Gasteiger partial charge >= 0.3 is 0 Å². The molecule has 0 bridgehead atoms. The molecule has 0 amide bonds. The monoisotopic (exact) mass is 138 g/mol. The maximum absolute atomic E-state index is 5.45. The van der Waals surface area contributed by atoms with Crippen LogP contribution in [0.4, 0.5) is 0 Å². The second kappa shape index (κ2) is 3.63. The smallest absolute Gasteiger partial charge is 0.0726 e. The van der Waals surface area contributed by atoms with E-state index in [1.54, 1.807) is 0 Å². The zero-order chi connectivity index (χ0) is 7.40. The van der Waals surface area contributed by atoms with Crippen molar-refractivity contribution in [1.82, 2.24) is 0 Å². The molecule has 0 N–H and O–H groups in total. The predicted octanol–water partition coefficient (Wildman–Crippen LogP) is 1.82. The third kappa shape index (κ3) is 2.04. The van der Waals surface area contributed by atoms with Crippen LogP contribution in [0.5, 0.6) is 0 Å². The maximum Gasteiger partial charge on any atom is 0.0726 e. The third-order valence-electron chi connectivity index (χ3n) is 1.78. The van der Waals surface area contributed by atoms with E-state index in [1.165, 1.54) is 6.42 Å². The highest BCUT2D eigenvalue weighted by Gasteiger charge is 2.36. The van der Waals surface area contributed by atoms with Crippen molar-refractivity contribution >= 4 is 0 Å².